The first-order valence-electron chi connectivity index (χ1n) is 4.65. The molecule has 2 N–H and O–H groups in total. The highest BCUT2D eigenvalue weighted by Gasteiger charge is 2.28. The van der Waals surface area contributed by atoms with Gasteiger partial charge < -0.3 is 5.73 Å². The fourth-order valence-corrected chi connectivity index (χ4v) is 1.70. The molecular formula is C10H19N. The molecule has 1 aliphatic carbocycles. The van der Waals surface area contributed by atoms with Gasteiger partial charge in [0, 0.05) is 5.54 Å². The van der Waals surface area contributed by atoms with E-state index in [1.807, 2.05) is 0 Å². The standard InChI is InChI=1S/C10H19N/c1-3-9(2)10(11)7-5-4-6-8-10/h5,7,9H,3-4,6,8,11H2,1-2H3. The van der Waals surface area contributed by atoms with Crippen molar-refractivity contribution in [3.05, 3.63) is 12.2 Å². The van der Waals surface area contributed by atoms with E-state index >= 15 is 0 Å². The third-order valence-electron chi connectivity index (χ3n) is 2.94. The van der Waals surface area contributed by atoms with Gasteiger partial charge in [0.1, 0.15) is 0 Å². The molecule has 0 heterocycles. The van der Waals surface area contributed by atoms with E-state index < -0.39 is 0 Å². The zero-order valence-electron chi connectivity index (χ0n) is 7.64. The molecule has 0 aromatic rings. The summed E-state index contributed by atoms with van der Waals surface area (Å²) in [5.41, 5.74) is 6.23. The van der Waals surface area contributed by atoms with Gasteiger partial charge in [0.15, 0.2) is 0 Å². The van der Waals surface area contributed by atoms with Gasteiger partial charge in [-0.05, 0) is 25.2 Å². The van der Waals surface area contributed by atoms with Crippen LogP contribution in [0, 0.1) is 5.92 Å². The Morgan fingerprint density at radius 1 is 1.64 bits per heavy atom. The minimum atomic E-state index is 0.00694. The van der Waals surface area contributed by atoms with E-state index in [1.54, 1.807) is 0 Å². The quantitative estimate of drug-likeness (QED) is 0.606. The molecule has 0 radical (unpaired) electrons. The van der Waals surface area contributed by atoms with Crippen molar-refractivity contribution in [3.8, 4) is 0 Å². The Hall–Kier alpha value is -0.300. The number of nitrogens with two attached hydrogens (primary N) is 1. The van der Waals surface area contributed by atoms with Gasteiger partial charge in [-0.1, -0.05) is 32.4 Å². The van der Waals surface area contributed by atoms with Gasteiger partial charge in [-0.2, -0.15) is 0 Å². The molecule has 0 aliphatic heterocycles. The highest BCUT2D eigenvalue weighted by Crippen LogP contribution is 2.28. The zero-order valence-corrected chi connectivity index (χ0v) is 7.64. The van der Waals surface area contributed by atoms with E-state index in [1.165, 1.54) is 25.7 Å². The van der Waals surface area contributed by atoms with E-state index in [0.29, 0.717) is 5.92 Å². The van der Waals surface area contributed by atoms with Gasteiger partial charge in [0.2, 0.25) is 0 Å². The minimum absolute atomic E-state index is 0.00694. The van der Waals surface area contributed by atoms with Crippen LogP contribution in [0.1, 0.15) is 39.5 Å². The molecule has 0 saturated heterocycles. The molecular weight excluding hydrogens is 134 g/mol. The molecule has 0 spiro atoms. The lowest BCUT2D eigenvalue weighted by atomic mass is 9.77. The second-order valence-corrected chi connectivity index (χ2v) is 3.72. The maximum absolute atomic E-state index is 6.23. The van der Waals surface area contributed by atoms with Gasteiger partial charge in [-0.3, -0.25) is 0 Å². The zero-order chi connectivity index (χ0) is 8.32. The minimum Gasteiger partial charge on any atom is -0.322 e. The van der Waals surface area contributed by atoms with Crippen molar-refractivity contribution >= 4 is 0 Å². The van der Waals surface area contributed by atoms with Crippen molar-refractivity contribution in [2.24, 2.45) is 11.7 Å². The van der Waals surface area contributed by atoms with Crippen LogP contribution in [0.25, 0.3) is 0 Å². The van der Waals surface area contributed by atoms with E-state index in [0.717, 1.165) is 0 Å². The lowest BCUT2D eigenvalue weighted by molar-refractivity contribution is 0.312. The summed E-state index contributed by atoms with van der Waals surface area (Å²) in [4.78, 5) is 0. The average Bonchev–Trinajstić information content (AvgIpc) is 2.04. The Bertz CT molecular complexity index is 151. The van der Waals surface area contributed by atoms with Crippen LogP contribution in [0.5, 0.6) is 0 Å². The normalized spacial score (nSPS) is 33.7. The molecule has 1 nitrogen and oxygen atoms in total. The summed E-state index contributed by atoms with van der Waals surface area (Å²) in [5, 5.41) is 0. The number of allylic oxidation sites excluding steroid dienone is 1. The predicted molar refractivity (Wildman–Crippen MR) is 49.4 cm³/mol. The fourth-order valence-electron chi connectivity index (χ4n) is 1.70. The van der Waals surface area contributed by atoms with Gasteiger partial charge in [-0.15, -0.1) is 0 Å². The summed E-state index contributed by atoms with van der Waals surface area (Å²) in [6, 6.07) is 0. The second kappa shape index (κ2) is 3.40. The molecule has 0 aromatic carbocycles. The van der Waals surface area contributed by atoms with Crippen molar-refractivity contribution in [3.63, 3.8) is 0 Å². The molecule has 64 valence electrons. The lowest BCUT2D eigenvalue weighted by Crippen LogP contribution is -2.44. The molecule has 11 heavy (non-hydrogen) atoms. The summed E-state index contributed by atoms with van der Waals surface area (Å²) in [6.45, 7) is 4.46. The monoisotopic (exact) mass is 153 g/mol. The van der Waals surface area contributed by atoms with Crippen molar-refractivity contribution < 1.29 is 0 Å². The SMILES string of the molecule is CCC(C)C1(N)C=CCCC1. The van der Waals surface area contributed by atoms with E-state index in [-0.39, 0.29) is 5.54 Å². The van der Waals surface area contributed by atoms with Crippen LogP contribution in [0.2, 0.25) is 0 Å². The summed E-state index contributed by atoms with van der Waals surface area (Å²) in [5.74, 6) is 0.624. The number of hydrogen-bond donors (Lipinski definition) is 1. The first-order chi connectivity index (χ1) is 5.19. The molecule has 0 saturated carbocycles. The second-order valence-electron chi connectivity index (χ2n) is 3.72. The molecule has 2 atom stereocenters. The van der Waals surface area contributed by atoms with Crippen molar-refractivity contribution in [2.45, 2.75) is 45.1 Å². The fraction of sp³-hybridized carbons (Fsp3) is 0.800. The van der Waals surface area contributed by atoms with E-state index in [2.05, 4.69) is 26.0 Å². The van der Waals surface area contributed by atoms with Gasteiger partial charge in [0.05, 0.1) is 0 Å². The third kappa shape index (κ3) is 1.84. The first-order valence-corrected chi connectivity index (χ1v) is 4.65. The molecule has 0 bridgehead atoms. The Balaban J connectivity index is 2.63. The van der Waals surface area contributed by atoms with Crippen molar-refractivity contribution in [1.82, 2.24) is 0 Å². The highest BCUT2D eigenvalue weighted by molar-refractivity contribution is 5.10. The summed E-state index contributed by atoms with van der Waals surface area (Å²) >= 11 is 0. The average molecular weight is 153 g/mol. The van der Waals surface area contributed by atoms with E-state index in [4.69, 9.17) is 5.73 Å². The Labute approximate surface area is 69.7 Å². The van der Waals surface area contributed by atoms with Crippen LogP contribution < -0.4 is 5.73 Å². The summed E-state index contributed by atoms with van der Waals surface area (Å²) < 4.78 is 0. The summed E-state index contributed by atoms with van der Waals surface area (Å²) in [7, 11) is 0. The highest BCUT2D eigenvalue weighted by atomic mass is 14.7. The van der Waals surface area contributed by atoms with E-state index in [9.17, 15) is 0 Å². The largest absolute Gasteiger partial charge is 0.322 e. The van der Waals surface area contributed by atoms with Crippen LogP contribution in [0.15, 0.2) is 12.2 Å². The third-order valence-corrected chi connectivity index (χ3v) is 2.94. The smallest absolute Gasteiger partial charge is 0.0365 e. The molecule has 0 fully saturated rings. The number of hydrogen-bond acceptors (Lipinski definition) is 1. The van der Waals surface area contributed by atoms with Gasteiger partial charge >= 0.3 is 0 Å². The summed E-state index contributed by atoms with van der Waals surface area (Å²) in [6.07, 6.45) is 9.27. The Morgan fingerprint density at radius 3 is 2.82 bits per heavy atom. The molecule has 0 amide bonds. The van der Waals surface area contributed by atoms with Crippen molar-refractivity contribution in [1.29, 1.82) is 0 Å². The number of rotatable bonds is 2. The topological polar surface area (TPSA) is 26.0 Å². The first kappa shape index (κ1) is 8.79. The van der Waals surface area contributed by atoms with Crippen molar-refractivity contribution in [2.75, 3.05) is 0 Å². The van der Waals surface area contributed by atoms with Crippen LogP contribution in [-0.2, 0) is 0 Å². The molecule has 0 aromatic heterocycles. The Kier molecular flexibility index (Phi) is 2.72. The van der Waals surface area contributed by atoms with Crippen LogP contribution >= 0.6 is 0 Å². The molecule has 1 rings (SSSR count). The lowest BCUT2D eigenvalue weighted by Gasteiger charge is -2.34. The maximum Gasteiger partial charge on any atom is 0.0365 e. The van der Waals surface area contributed by atoms with Crippen LogP contribution in [-0.4, -0.2) is 5.54 Å². The van der Waals surface area contributed by atoms with Gasteiger partial charge in [0.25, 0.3) is 0 Å². The Morgan fingerprint density at radius 2 is 2.36 bits per heavy atom. The van der Waals surface area contributed by atoms with Crippen LogP contribution in [0.4, 0.5) is 0 Å². The molecule has 1 heteroatoms. The predicted octanol–water partition coefficient (Wildman–Crippen LogP) is 2.47. The van der Waals surface area contributed by atoms with Gasteiger partial charge in [-0.25, -0.2) is 0 Å². The maximum atomic E-state index is 6.23. The van der Waals surface area contributed by atoms with Crippen LogP contribution in [0.3, 0.4) is 0 Å². The molecule has 2 unspecified atom stereocenters. The molecule has 1 aliphatic rings.